The molecule has 8 nitrogen and oxygen atoms in total. The van der Waals surface area contributed by atoms with Crippen LogP contribution in [0.1, 0.15) is 30.1 Å². The van der Waals surface area contributed by atoms with Crippen LogP contribution in [0, 0.1) is 6.92 Å². The average molecular weight is 660 g/mol. The van der Waals surface area contributed by atoms with Crippen molar-refractivity contribution in [2.24, 2.45) is 0 Å². The monoisotopic (exact) mass is 659 g/mol. The Labute approximate surface area is 261 Å². The largest absolute Gasteiger partial charge is 0.522 e. The van der Waals surface area contributed by atoms with Gasteiger partial charge in [0.1, 0.15) is 12.3 Å². The molecular weight excluding hydrogens is 628 g/mol. The maximum atomic E-state index is 13.8. The van der Waals surface area contributed by atoms with Crippen LogP contribution in [-0.2, 0) is 15.7 Å². The van der Waals surface area contributed by atoms with E-state index in [-0.39, 0.29) is 5.56 Å². The van der Waals surface area contributed by atoms with Crippen LogP contribution in [0.3, 0.4) is 0 Å². The highest BCUT2D eigenvalue weighted by atomic mass is 35.5. The van der Waals surface area contributed by atoms with Gasteiger partial charge in [0.2, 0.25) is 0 Å². The van der Waals surface area contributed by atoms with Crippen molar-refractivity contribution in [2.75, 3.05) is 62.3 Å². The van der Waals surface area contributed by atoms with Crippen LogP contribution in [0.5, 0.6) is 0 Å². The number of halogens is 7. The zero-order chi connectivity index (χ0) is 32.4. The maximum absolute atomic E-state index is 13.8. The first-order chi connectivity index (χ1) is 21.3. The number of aromatic nitrogens is 2. The highest BCUT2D eigenvalue weighted by Crippen LogP contribution is 2.39. The van der Waals surface area contributed by atoms with Gasteiger partial charge in [-0.15, -0.1) is 13.2 Å². The van der Waals surface area contributed by atoms with Gasteiger partial charge in [-0.25, -0.2) is 4.79 Å². The van der Waals surface area contributed by atoms with E-state index < -0.39 is 43.6 Å². The van der Waals surface area contributed by atoms with E-state index in [1.165, 1.54) is 18.0 Å². The van der Waals surface area contributed by atoms with Crippen molar-refractivity contribution in [3.63, 3.8) is 0 Å². The Morgan fingerprint density at radius 1 is 0.956 bits per heavy atom. The number of piperidine rings is 1. The number of anilines is 2. The SMILES string of the molecule is Cc1cnn(C2CCCN(c3cc(Cl)ccc3-c3ccc(N4CCN(C(=O)OCCOC(F)(F)F)CC4)cc3)C2)c1C(F)(F)F. The first-order valence-corrected chi connectivity index (χ1v) is 14.8. The smallest absolute Gasteiger partial charge is 0.447 e. The molecule has 1 atom stereocenters. The average Bonchev–Trinajstić information content (AvgIpc) is 3.41. The Morgan fingerprint density at radius 2 is 1.67 bits per heavy atom. The quantitative estimate of drug-likeness (QED) is 0.198. The lowest BCUT2D eigenvalue weighted by Gasteiger charge is -2.37. The van der Waals surface area contributed by atoms with Crippen molar-refractivity contribution in [3.8, 4) is 11.1 Å². The van der Waals surface area contributed by atoms with Gasteiger partial charge in [0.15, 0.2) is 0 Å². The number of aryl methyl sites for hydroxylation is 1. The van der Waals surface area contributed by atoms with Gasteiger partial charge in [0.05, 0.1) is 18.8 Å². The number of alkyl halides is 6. The van der Waals surface area contributed by atoms with Crippen LogP contribution >= 0.6 is 11.6 Å². The third-order valence-electron chi connectivity index (χ3n) is 7.95. The van der Waals surface area contributed by atoms with Crippen molar-refractivity contribution in [3.05, 3.63) is 64.9 Å². The lowest BCUT2D eigenvalue weighted by molar-refractivity contribution is -0.326. The lowest BCUT2D eigenvalue weighted by atomic mass is 9.99. The molecule has 45 heavy (non-hydrogen) atoms. The van der Waals surface area contributed by atoms with Crippen LogP contribution < -0.4 is 9.80 Å². The molecule has 1 amide bonds. The summed E-state index contributed by atoms with van der Waals surface area (Å²) < 4.78 is 87.3. The normalized spacial score (nSPS) is 18.0. The second kappa shape index (κ2) is 13.4. The fourth-order valence-corrected chi connectivity index (χ4v) is 6.01. The number of hydrogen-bond acceptors (Lipinski definition) is 6. The standard InChI is InChI=1S/C30H32ClF6N5O3/c1-20-18-38-42(27(20)29(32,33)34)24-3-2-10-41(19-24)26-17-22(31)6-9-25(26)21-4-7-23(8-5-21)39-11-13-40(14-12-39)28(43)44-15-16-45-30(35,36)37/h4-9,17-18,24H,2-3,10-16,19H2,1H3. The lowest BCUT2D eigenvalue weighted by Crippen LogP contribution is -2.49. The third-order valence-corrected chi connectivity index (χ3v) is 8.18. The number of nitrogens with zero attached hydrogens (tertiary/aromatic N) is 5. The molecule has 0 bridgehead atoms. The number of piperazine rings is 1. The molecule has 5 rings (SSSR count). The van der Waals surface area contributed by atoms with E-state index in [1.807, 2.05) is 36.4 Å². The predicted molar refractivity (Wildman–Crippen MR) is 156 cm³/mol. The van der Waals surface area contributed by atoms with Gasteiger partial charge in [-0.05, 0) is 55.2 Å². The third kappa shape index (κ3) is 7.96. The molecule has 1 aromatic heterocycles. The topological polar surface area (TPSA) is 63.1 Å². The summed E-state index contributed by atoms with van der Waals surface area (Å²) in [5.41, 5.74) is 2.92. The van der Waals surface area contributed by atoms with Gasteiger partial charge in [0, 0.05) is 61.2 Å². The molecule has 0 aliphatic carbocycles. The van der Waals surface area contributed by atoms with Gasteiger partial charge in [-0.3, -0.25) is 9.42 Å². The molecule has 2 saturated heterocycles. The van der Waals surface area contributed by atoms with Gasteiger partial charge in [-0.1, -0.05) is 29.8 Å². The molecule has 0 radical (unpaired) electrons. The van der Waals surface area contributed by atoms with Crippen molar-refractivity contribution < 1.29 is 40.6 Å². The summed E-state index contributed by atoms with van der Waals surface area (Å²) >= 11 is 6.39. The van der Waals surface area contributed by atoms with E-state index in [4.69, 9.17) is 16.3 Å². The summed E-state index contributed by atoms with van der Waals surface area (Å²) in [5.74, 6) is 0. The molecule has 2 aromatic carbocycles. The second-order valence-corrected chi connectivity index (χ2v) is 11.4. The molecule has 3 heterocycles. The van der Waals surface area contributed by atoms with Crippen molar-refractivity contribution in [2.45, 2.75) is 38.3 Å². The first-order valence-electron chi connectivity index (χ1n) is 14.4. The summed E-state index contributed by atoms with van der Waals surface area (Å²) in [6, 6.07) is 12.9. The zero-order valence-corrected chi connectivity index (χ0v) is 25.1. The van der Waals surface area contributed by atoms with E-state index in [2.05, 4.69) is 19.6 Å². The Kier molecular flexibility index (Phi) is 9.73. The summed E-state index contributed by atoms with van der Waals surface area (Å²) in [6.07, 6.45) is -7.45. The van der Waals surface area contributed by atoms with E-state index in [0.29, 0.717) is 57.1 Å². The molecular formula is C30H32ClF6N5O3. The Bertz CT molecular complexity index is 1470. The Hall–Kier alpha value is -3.65. The minimum absolute atomic E-state index is 0.0967. The number of carbonyl (C=O) groups is 1. The summed E-state index contributed by atoms with van der Waals surface area (Å²) in [6.45, 7) is 2.84. The number of benzene rings is 2. The first kappa shape index (κ1) is 32.7. The van der Waals surface area contributed by atoms with Crippen LogP contribution in [0.2, 0.25) is 5.02 Å². The summed E-state index contributed by atoms with van der Waals surface area (Å²) in [5, 5.41) is 4.61. The summed E-state index contributed by atoms with van der Waals surface area (Å²) in [7, 11) is 0. The molecule has 0 saturated carbocycles. The number of amides is 1. The predicted octanol–water partition coefficient (Wildman–Crippen LogP) is 7.17. The molecule has 244 valence electrons. The molecule has 2 aliphatic heterocycles. The van der Waals surface area contributed by atoms with E-state index in [1.54, 1.807) is 6.07 Å². The van der Waals surface area contributed by atoms with Gasteiger partial charge in [0.25, 0.3) is 0 Å². The van der Waals surface area contributed by atoms with Crippen LogP contribution in [0.25, 0.3) is 11.1 Å². The maximum Gasteiger partial charge on any atom is 0.522 e. The highest BCUT2D eigenvalue weighted by molar-refractivity contribution is 6.31. The Balaban J connectivity index is 1.24. The van der Waals surface area contributed by atoms with Crippen molar-refractivity contribution >= 4 is 29.1 Å². The molecule has 2 aliphatic rings. The van der Waals surface area contributed by atoms with Crippen molar-refractivity contribution in [1.29, 1.82) is 0 Å². The number of rotatable bonds is 7. The molecule has 15 heteroatoms. The minimum Gasteiger partial charge on any atom is -0.447 e. The van der Waals surface area contributed by atoms with Gasteiger partial charge >= 0.3 is 18.6 Å². The van der Waals surface area contributed by atoms with Crippen LogP contribution in [-0.4, -0.2) is 79.6 Å². The number of carbonyl (C=O) groups excluding carboxylic acids is 1. The van der Waals surface area contributed by atoms with E-state index in [0.717, 1.165) is 27.2 Å². The van der Waals surface area contributed by atoms with E-state index >= 15 is 0 Å². The fraction of sp³-hybridized carbons (Fsp3) is 0.467. The van der Waals surface area contributed by atoms with Crippen LogP contribution in [0.15, 0.2) is 48.7 Å². The number of ether oxygens (including phenoxy) is 2. The number of hydrogen-bond donors (Lipinski definition) is 0. The van der Waals surface area contributed by atoms with Gasteiger partial charge < -0.3 is 19.4 Å². The van der Waals surface area contributed by atoms with Crippen LogP contribution in [0.4, 0.5) is 42.5 Å². The molecule has 2 fully saturated rings. The molecule has 0 N–H and O–H groups in total. The molecule has 3 aromatic rings. The minimum atomic E-state index is -4.77. The summed E-state index contributed by atoms with van der Waals surface area (Å²) in [4.78, 5) is 17.8. The zero-order valence-electron chi connectivity index (χ0n) is 24.4. The molecule has 0 spiro atoms. The van der Waals surface area contributed by atoms with Crippen molar-refractivity contribution in [1.82, 2.24) is 14.7 Å². The highest BCUT2D eigenvalue weighted by Gasteiger charge is 2.39. The Morgan fingerprint density at radius 3 is 2.33 bits per heavy atom. The van der Waals surface area contributed by atoms with E-state index in [9.17, 15) is 31.1 Å². The second-order valence-electron chi connectivity index (χ2n) is 11.0. The molecule has 1 unspecified atom stereocenters. The van der Waals surface area contributed by atoms with Gasteiger partial charge in [-0.2, -0.15) is 18.3 Å². The fourth-order valence-electron chi connectivity index (χ4n) is 5.84.